The van der Waals surface area contributed by atoms with Gasteiger partial charge >= 0.3 is 0 Å². The Morgan fingerprint density at radius 3 is 2.81 bits per heavy atom. The van der Waals surface area contributed by atoms with Gasteiger partial charge in [-0.05, 0) is 29.3 Å². The van der Waals surface area contributed by atoms with Crippen LogP contribution >= 0.6 is 11.6 Å². The number of aliphatic hydroxyl groups excluding tert-OH is 1. The molecule has 0 aliphatic heterocycles. The lowest BCUT2D eigenvalue weighted by Gasteiger charge is -2.07. The van der Waals surface area contributed by atoms with Crippen molar-refractivity contribution in [1.82, 2.24) is 15.0 Å². The smallest absolute Gasteiger partial charge is 0.231 e. The second kappa shape index (κ2) is 6.79. The van der Waals surface area contributed by atoms with E-state index in [0.29, 0.717) is 11.3 Å². The molecule has 0 unspecified atom stereocenters. The molecule has 112 valence electrons. The maximum absolute atomic E-state index is 11.7. The van der Waals surface area contributed by atoms with Crippen molar-refractivity contribution in [1.29, 1.82) is 0 Å². The zero-order chi connectivity index (χ0) is 15.3. The summed E-state index contributed by atoms with van der Waals surface area (Å²) in [5.41, 5.74) is 1.24. The summed E-state index contributed by atoms with van der Waals surface area (Å²) in [7, 11) is -3.32. The Hall–Kier alpha value is -1.77. The summed E-state index contributed by atoms with van der Waals surface area (Å²) in [6, 6.07) is 6.84. The molecule has 0 saturated carbocycles. The van der Waals surface area contributed by atoms with Gasteiger partial charge in [-0.2, -0.15) is 4.98 Å². The molecule has 0 saturated heterocycles. The van der Waals surface area contributed by atoms with E-state index >= 15 is 0 Å². The summed E-state index contributed by atoms with van der Waals surface area (Å²) in [4.78, 5) is 11.5. The first-order valence-electron chi connectivity index (χ1n) is 6.00. The number of nitrogens with zero attached hydrogens (tertiary/aromatic N) is 3. The van der Waals surface area contributed by atoms with E-state index in [1.165, 1.54) is 6.33 Å². The first-order valence-corrected chi connectivity index (χ1v) is 8.20. The standard InChI is InChI=1S/C12H13ClN4O3S/c13-11-14-8-15-12(17-11)16-10-3-1-2-9(6-10)7-21(19,20)5-4-18/h1-3,6,8,18H,4-5,7H2,(H,14,15,16,17). The van der Waals surface area contributed by atoms with Crippen molar-refractivity contribution in [2.24, 2.45) is 0 Å². The molecule has 21 heavy (non-hydrogen) atoms. The highest BCUT2D eigenvalue weighted by atomic mass is 35.5. The fourth-order valence-corrected chi connectivity index (χ4v) is 2.90. The third-order valence-electron chi connectivity index (χ3n) is 2.51. The SMILES string of the molecule is O=S(=O)(CCO)Cc1cccc(Nc2ncnc(Cl)n2)c1. The van der Waals surface area contributed by atoms with Gasteiger partial charge in [0.25, 0.3) is 0 Å². The van der Waals surface area contributed by atoms with E-state index in [4.69, 9.17) is 16.7 Å². The number of hydrogen-bond donors (Lipinski definition) is 2. The maximum Gasteiger partial charge on any atom is 0.231 e. The molecular weight excluding hydrogens is 316 g/mol. The molecule has 1 aromatic carbocycles. The molecule has 0 aliphatic rings. The fourth-order valence-electron chi connectivity index (χ4n) is 1.67. The number of halogens is 1. The van der Waals surface area contributed by atoms with Gasteiger partial charge < -0.3 is 10.4 Å². The predicted octanol–water partition coefficient (Wildman–Crippen LogP) is 1.18. The minimum Gasteiger partial charge on any atom is -0.395 e. The van der Waals surface area contributed by atoms with Gasteiger partial charge in [-0.1, -0.05) is 12.1 Å². The summed E-state index contributed by atoms with van der Waals surface area (Å²) < 4.78 is 23.4. The van der Waals surface area contributed by atoms with Gasteiger partial charge in [0.1, 0.15) is 6.33 Å². The van der Waals surface area contributed by atoms with Crippen LogP contribution in [0.4, 0.5) is 11.6 Å². The van der Waals surface area contributed by atoms with Crippen LogP contribution in [0.3, 0.4) is 0 Å². The summed E-state index contributed by atoms with van der Waals surface area (Å²) in [6.07, 6.45) is 1.27. The van der Waals surface area contributed by atoms with E-state index < -0.39 is 9.84 Å². The number of rotatable bonds is 6. The molecule has 1 heterocycles. The van der Waals surface area contributed by atoms with Crippen LogP contribution in [-0.2, 0) is 15.6 Å². The van der Waals surface area contributed by atoms with Crippen molar-refractivity contribution >= 4 is 33.1 Å². The quantitative estimate of drug-likeness (QED) is 0.820. The molecule has 0 bridgehead atoms. The molecule has 0 atom stereocenters. The second-order valence-corrected chi connectivity index (χ2v) is 6.74. The lowest BCUT2D eigenvalue weighted by Crippen LogP contribution is -2.12. The van der Waals surface area contributed by atoms with Gasteiger partial charge in [0.2, 0.25) is 11.2 Å². The zero-order valence-corrected chi connectivity index (χ0v) is 12.5. The van der Waals surface area contributed by atoms with Crippen molar-refractivity contribution in [2.45, 2.75) is 5.75 Å². The van der Waals surface area contributed by atoms with Gasteiger partial charge in [-0.15, -0.1) is 0 Å². The van der Waals surface area contributed by atoms with Gasteiger partial charge in [0, 0.05) is 5.69 Å². The maximum atomic E-state index is 11.7. The van der Waals surface area contributed by atoms with Crippen LogP contribution in [0.2, 0.25) is 5.28 Å². The molecule has 0 radical (unpaired) electrons. The Balaban J connectivity index is 2.14. The van der Waals surface area contributed by atoms with Crippen LogP contribution in [0.1, 0.15) is 5.56 Å². The van der Waals surface area contributed by atoms with Crippen LogP contribution in [0.5, 0.6) is 0 Å². The van der Waals surface area contributed by atoms with Crippen LogP contribution in [0.25, 0.3) is 0 Å². The largest absolute Gasteiger partial charge is 0.395 e. The highest BCUT2D eigenvalue weighted by Crippen LogP contribution is 2.17. The number of aliphatic hydroxyl groups is 1. The number of sulfone groups is 1. The number of hydrogen-bond acceptors (Lipinski definition) is 7. The van der Waals surface area contributed by atoms with Crippen molar-refractivity contribution in [2.75, 3.05) is 17.7 Å². The van der Waals surface area contributed by atoms with E-state index in [-0.39, 0.29) is 29.3 Å². The molecule has 2 N–H and O–H groups in total. The first kappa shape index (κ1) is 15.6. The third kappa shape index (κ3) is 4.92. The van der Waals surface area contributed by atoms with E-state index in [2.05, 4.69) is 20.3 Å². The average Bonchev–Trinajstić information content (AvgIpc) is 2.38. The molecule has 0 amide bonds. The van der Waals surface area contributed by atoms with Crippen molar-refractivity contribution in [3.05, 3.63) is 41.4 Å². The Kier molecular flexibility index (Phi) is 5.05. The molecule has 2 rings (SSSR count). The molecular formula is C12H13ClN4O3S. The van der Waals surface area contributed by atoms with E-state index in [9.17, 15) is 8.42 Å². The van der Waals surface area contributed by atoms with Gasteiger partial charge in [0.15, 0.2) is 9.84 Å². The van der Waals surface area contributed by atoms with Crippen LogP contribution in [-0.4, -0.2) is 40.8 Å². The first-order chi connectivity index (χ1) is 9.98. The van der Waals surface area contributed by atoms with E-state index in [1.807, 2.05) is 0 Å². The molecule has 7 nitrogen and oxygen atoms in total. The summed E-state index contributed by atoms with van der Waals surface area (Å²) >= 11 is 5.66. The Morgan fingerprint density at radius 2 is 2.10 bits per heavy atom. The van der Waals surface area contributed by atoms with Gasteiger partial charge in [-0.3, -0.25) is 0 Å². The average molecular weight is 329 g/mol. The molecule has 1 aromatic heterocycles. The lowest BCUT2D eigenvalue weighted by molar-refractivity contribution is 0.319. The van der Waals surface area contributed by atoms with Crippen molar-refractivity contribution in [3.8, 4) is 0 Å². The normalized spacial score (nSPS) is 11.3. The third-order valence-corrected chi connectivity index (χ3v) is 4.27. The number of nitrogens with one attached hydrogen (secondary N) is 1. The Bertz CT molecular complexity index is 724. The number of benzene rings is 1. The Morgan fingerprint density at radius 1 is 1.29 bits per heavy atom. The summed E-state index contributed by atoms with van der Waals surface area (Å²) in [5, 5.41) is 11.7. The lowest BCUT2D eigenvalue weighted by atomic mass is 10.2. The highest BCUT2D eigenvalue weighted by Gasteiger charge is 2.11. The topological polar surface area (TPSA) is 105 Å². The monoisotopic (exact) mass is 328 g/mol. The zero-order valence-electron chi connectivity index (χ0n) is 10.9. The van der Waals surface area contributed by atoms with Crippen LogP contribution < -0.4 is 5.32 Å². The minimum atomic E-state index is -3.32. The number of anilines is 2. The molecule has 9 heteroatoms. The van der Waals surface area contributed by atoms with Gasteiger partial charge in [-0.25, -0.2) is 18.4 Å². The molecule has 0 fully saturated rings. The molecule has 2 aromatic rings. The number of aromatic nitrogens is 3. The Labute approximate surface area is 127 Å². The molecule has 0 spiro atoms. The van der Waals surface area contributed by atoms with Crippen LogP contribution in [0, 0.1) is 0 Å². The van der Waals surface area contributed by atoms with Crippen LogP contribution in [0.15, 0.2) is 30.6 Å². The van der Waals surface area contributed by atoms with Gasteiger partial charge in [0.05, 0.1) is 18.1 Å². The predicted molar refractivity (Wildman–Crippen MR) is 79.1 cm³/mol. The van der Waals surface area contributed by atoms with Crippen molar-refractivity contribution < 1.29 is 13.5 Å². The minimum absolute atomic E-state index is 0.0641. The van der Waals surface area contributed by atoms with E-state index in [0.717, 1.165) is 0 Å². The van der Waals surface area contributed by atoms with E-state index in [1.54, 1.807) is 24.3 Å². The summed E-state index contributed by atoms with van der Waals surface area (Å²) in [6.45, 7) is -0.385. The highest BCUT2D eigenvalue weighted by molar-refractivity contribution is 7.90. The fraction of sp³-hybridized carbons (Fsp3) is 0.250. The summed E-state index contributed by atoms with van der Waals surface area (Å²) in [5.74, 6) is -0.125. The second-order valence-electron chi connectivity index (χ2n) is 4.22. The molecule has 0 aliphatic carbocycles. The van der Waals surface area contributed by atoms with Crippen molar-refractivity contribution in [3.63, 3.8) is 0 Å².